The Hall–Kier alpha value is -0.900. The van der Waals surface area contributed by atoms with Gasteiger partial charge < -0.3 is 9.84 Å². The highest BCUT2D eigenvalue weighted by Gasteiger charge is 2.65. The van der Waals surface area contributed by atoms with Crippen molar-refractivity contribution in [2.75, 3.05) is 7.11 Å². The van der Waals surface area contributed by atoms with Gasteiger partial charge in [0.25, 0.3) is 0 Å². The number of aliphatic hydroxyl groups is 1. The van der Waals surface area contributed by atoms with E-state index in [0.29, 0.717) is 12.8 Å². The van der Waals surface area contributed by atoms with E-state index in [0.717, 1.165) is 0 Å². The number of ether oxygens (including phenoxy) is 1. The van der Waals surface area contributed by atoms with E-state index in [-0.39, 0.29) is 23.5 Å². The summed E-state index contributed by atoms with van der Waals surface area (Å²) in [6.07, 6.45) is 0.514. The van der Waals surface area contributed by atoms with Crippen molar-refractivity contribution in [2.45, 2.75) is 32.8 Å². The second-order valence-electron chi connectivity index (χ2n) is 5.17. The lowest BCUT2D eigenvalue weighted by atomic mass is 9.63. The van der Waals surface area contributed by atoms with E-state index >= 15 is 0 Å². The molecule has 0 spiro atoms. The molecular formula is C12H18O4. The topological polar surface area (TPSA) is 63.6 Å². The van der Waals surface area contributed by atoms with Gasteiger partial charge in [-0.2, -0.15) is 0 Å². The zero-order valence-corrected chi connectivity index (χ0v) is 9.90. The molecule has 0 amide bonds. The normalized spacial score (nSPS) is 46.9. The van der Waals surface area contributed by atoms with Gasteiger partial charge in [-0.15, -0.1) is 0 Å². The van der Waals surface area contributed by atoms with Crippen LogP contribution in [-0.2, 0) is 14.3 Å². The van der Waals surface area contributed by atoms with Gasteiger partial charge in [0.1, 0.15) is 5.41 Å². The molecule has 0 saturated heterocycles. The van der Waals surface area contributed by atoms with Gasteiger partial charge in [0, 0.05) is 5.92 Å². The van der Waals surface area contributed by atoms with Crippen LogP contribution in [0, 0.1) is 23.2 Å². The summed E-state index contributed by atoms with van der Waals surface area (Å²) in [5, 5.41) is 9.85. The molecule has 4 nitrogen and oxygen atoms in total. The van der Waals surface area contributed by atoms with Crippen LogP contribution in [-0.4, -0.2) is 30.1 Å². The molecule has 16 heavy (non-hydrogen) atoms. The molecule has 2 bridgehead atoms. The number of hydrogen-bond donors (Lipinski definition) is 1. The number of esters is 1. The first-order valence-electron chi connectivity index (χ1n) is 5.77. The zero-order valence-electron chi connectivity index (χ0n) is 9.90. The first-order valence-corrected chi connectivity index (χ1v) is 5.77. The molecule has 2 aliphatic rings. The number of rotatable bonds is 1. The zero-order chi connectivity index (χ0) is 12.1. The maximum Gasteiger partial charge on any atom is 0.319 e. The second-order valence-corrected chi connectivity index (χ2v) is 5.17. The molecule has 2 aliphatic carbocycles. The Morgan fingerprint density at radius 2 is 1.94 bits per heavy atom. The number of fused-ring (bicyclic) bond motifs is 2. The first kappa shape index (κ1) is 11.6. The third kappa shape index (κ3) is 1.14. The highest BCUT2D eigenvalue weighted by Crippen LogP contribution is 2.55. The number of carbonyl (C=O) groups is 2. The minimum atomic E-state index is -1.00. The fourth-order valence-corrected chi connectivity index (χ4v) is 3.67. The van der Waals surface area contributed by atoms with E-state index in [1.54, 1.807) is 0 Å². The van der Waals surface area contributed by atoms with Crippen molar-refractivity contribution in [2.24, 2.45) is 23.2 Å². The Morgan fingerprint density at radius 1 is 1.38 bits per heavy atom. The number of ketones is 1. The summed E-state index contributed by atoms with van der Waals surface area (Å²) in [5.74, 6) is -1.09. The van der Waals surface area contributed by atoms with Gasteiger partial charge in [0.15, 0.2) is 5.78 Å². The highest BCUT2D eigenvalue weighted by atomic mass is 16.5. The van der Waals surface area contributed by atoms with Gasteiger partial charge >= 0.3 is 5.97 Å². The Morgan fingerprint density at radius 3 is 2.50 bits per heavy atom. The average Bonchev–Trinajstić information content (AvgIpc) is 2.44. The molecule has 1 N–H and O–H groups in total. The van der Waals surface area contributed by atoms with Gasteiger partial charge in [-0.1, -0.05) is 13.8 Å². The lowest BCUT2D eigenvalue weighted by Gasteiger charge is -2.39. The SMILES string of the molecule is COC(=O)[C@@]12C(=O)[C@@H](C[C@H]1C)[C@@H](O)C[C@@H]2C. The predicted molar refractivity (Wildman–Crippen MR) is 56.5 cm³/mol. The average molecular weight is 226 g/mol. The quantitative estimate of drug-likeness (QED) is 0.530. The summed E-state index contributed by atoms with van der Waals surface area (Å²) in [6, 6.07) is 0. The number of Topliss-reactive ketones (excluding diaryl/α,β-unsaturated/α-hetero) is 1. The largest absolute Gasteiger partial charge is 0.468 e. The van der Waals surface area contributed by atoms with Crippen LogP contribution in [0.3, 0.4) is 0 Å². The maximum absolute atomic E-state index is 12.3. The predicted octanol–water partition coefficient (Wildman–Crippen LogP) is 0.772. The summed E-state index contributed by atoms with van der Waals surface area (Å²) in [4.78, 5) is 24.2. The third-order valence-corrected chi connectivity index (χ3v) is 4.49. The van der Waals surface area contributed by atoms with Crippen LogP contribution in [0.4, 0.5) is 0 Å². The van der Waals surface area contributed by atoms with Gasteiger partial charge in [-0.3, -0.25) is 9.59 Å². The monoisotopic (exact) mass is 226 g/mol. The molecule has 0 aliphatic heterocycles. The lowest BCUT2D eigenvalue weighted by molar-refractivity contribution is -0.167. The summed E-state index contributed by atoms with van der Waals surface area (Å²) >= 11 is 0. The maximum atomic E-state index is 12.3. The van der Waals surface area contributed by atoms with E-state index in [1.807, 2.05) is 13.8 Å². The van der Waals surface area contributed by atoms with Crippen molar-refractivity contribution in [3.8, 4) is 0 Å². The molecule has 2 saturated carbocycles. The molecule has 0 aromatic carbocycles. The molecule has 0 aromatic heterocycles. The van der Waals surface area contributed by atoms with E-state index < -0.39 is 17.5 Å². The van der Waals surface area contributed by atoms with Gasteiger partial charge in [-0.25, -0.2) is 0 Å². The lowest BCUT2D eigenvalue weighted by Crippen LogP contribution is -2.52. The van der Waals surface area contributed by atoms with E-state index in [1.165, 1.54) is 7.11 Å². The van der Waals surface area contributed by atoms with Gasteiger partial charge in [0.05, 0.1) is 13.2 Å². The minimum absolute atomic E-state index is 0.0374. The Bertz CT molecular complexity index is 338. The second kappa shape index (κ2) is 3.55. The molecule has 0 heterocycles. The molecule has 4 heteroatoms. The Kier molecular flexibility index (Phi) is 2.57. The van der Waals surface area contributed by atoms with Crippen molar-refractivity contribution in [3.63, 3.8) is 0 Å². The van der Waals surface area contributed by atoms with E-state index in [4.69, 9.17) is 4.74 Å². The van der Waals surface area contributed by atoms with Crippen molar-refractivity contribution < 1.29 is 19.4 Å². The number of methoxy groups -OCH3 is 1. The molecule has 0 radical (unpaired) electrons. The summed E-state index contributed by atoms with van der Waals surface area (Å²) in [6.45, 7) is 3.76. The standard InChI is InChI=1S/C12H18O4/c1-6-4-8-9(13)5-7(2)12(6,10(8)14)11(15)16-3/h6-9,13H,4-5H2,1-3H3/t6-,7+,8+,9+,12+/m1/s1. The highest BCUT2D eigenvalue weighted by molar-refractivity contribution is 6.08. The van der Waals surface area contributed by atoms with Crippen molar-refractivity contribution >= 4 is 11.8 Å². The fraction of sp³-hybridized carbons (Fsp3) is 0.833. The summed E-state index contributed by atoms with van der Waals surface area (Å²) in [5.41, 5.74) is -1.00. The van der Waals surface area contributed by atoms with E-state index in [9.17, 15) is 14.7 Å². The Labute approximate surface area is 95.0 Å². The van der Waals surface area contributed by atoms with E-state index in [2.05, 4.69) is 0 Å². The molecule has 5 atom stereocenters. The molecule has 90 valence electrons. The molecule has 0 aromatic rings. The number of hydrogen-bond acceptors (Lipinski definition) is 4. The van der Waals surface area contributed by atoms with Crippen LogP contribution in [0.1, 0.15) is 26.7 Å². The van der Waals surface area contributed by atoms with Crippen molar-refractivity contribution in [3.05, 3.63) is 0 Å². The molecule has 0 unspecified atom stereocenters. The van der Waals surface area contributed by atoms with Crippen LogP contribution >= 0.6 is 0 Å². The number of carbonyl (C=O) groups excluding carboxylic acids is 2. The van der Waals surface area contributed by atoms with Crippen LogP contribution in [0.2, 0.25) is 0 Å². The van der Waals surface area contributed by atoms with Crippen LogP contribution in [0.15, 0.2) is 0 Å². The fourth-order valence-electron chi connectivity index (χ4n) is 3.67. The smallest absolute Gasteiger partial charge is 0.319 e. The van der Waals surface area contributed by atoms with Crippen molar-refractivity contribution in [1.82, 2.24) is 0 Å². The summed E-state index contributed by atoms with van der Waals surface area (Å²) < 4.78 is 4.82. The van der Waals surface area contributed by atoms with Crippen LogP contribution < -0.4 is 0 Å². The van der Waals surface area contributed by atoms with Gasteiger partial charge in [0.2, 0.25) is 0 Å². The Balaban J connectivity index is 2.48. The van der Waals surface area contributed by atoms with Crippen molar-refractivity contribution in [1.29, 1.82) is 0 Å². The minimum Gasteiger partial charge on any atom is -0.468 e. The van der Waals surface area contributed by atoms with Gasteiger partial charge in [-0.05, 0) is 24.7 Å². The molecular weight excluding hydrogens is 208 g/mol. The summed E-state index contributed by atoms with van der Waals surface area (Å²) in [7, 11) is 1.32. The third-order valence-electron chi connectivity index (χ3n) is 4.49. The molecule has 2 rings (SSSR count). The first-order chi connectivity index (χ1) is 7.46. The van der Waals surface area contributed by atoms with Crippen LogP contribution in [0.5, 0.6) is 0 Å². The number of aliphatic hydroxyl groups excluding tert-OH is 1. The van der Waals surface area contributed by atoms with Crippen LogP contribution in [0.25, 0.3) is 0 Å². The molecule has 2 fully saturated rings.